The van der Waals surface area contributed by atoms with Crippen LogP contribution in [0.5, 0.6) is 0 Å². The third kappa shape index (κ3) is 4.09. The minimum atomic E-state index is -0.853. The van der Waals surface area contributed by atoms with Crippen LogP contribution < -0.4 is 10.6 Å². The first kappa shape index (κ1) is 14.1. The van der Waals surface area contributed by atoms with E-state index in [0.29, 0.717) is 13.2 Å². The first-order chi connectivity index (χ1) is 9.10. The number of carbonyl (C=O) groups excluding carboxylic acids is 1. The zero-order valence-corrected chi connectivity index (χ0v) is 11.1. The minimum Gasteiger partial charge on any atom is -0.481 e. The maximum Gasteiger partial charge on any atom is 0.315 e. The van der Waals surface area contributed by atoms with Gasteiger partial charge >= 0.3 is 12.0 Å². The second kappa shape index (κ2) is 6.23. The number of nitrogens with one attached hydrogen (secondary N) is 2. The number of hydrogen-bond acceptors (Lipinski definition) is 3. The molecule has 2 aliphatic rings. The fraction of sp³-hybridized carbons (Fsp3) is 0.846. The van der Waals surface area contributed by atoms with Crippen LogP contribution in [-0.4, -0.2) is 41.9 Å². The van der Waals surface area contributed by atoms with E-state index < -0.39 is 11.5 Å². The van der Waals surface area contributed by atoms with Gasteiger partial charge in [0.05, 0.1) is 12.0 Å². The number of aliphatic carboxylic acids is 1. The van der Waals surface area contributed by atoms with Gasteiger partial charge in [0.1, 0.15) is 0 Å². The molecule has 1 heterocycles. The molecule has 1 saturated heterocycles. The van der Waals surface area contributed by atoms with Crippen LogP contribution in [-0.2, 0) is 9.53 Å². The third-order valence-electron chi connectivity index (χ3n) is 3.99. The number of urea groups is 1. The summed E-state index contributed by atoms with van der Waals surface area (Å²) in [6.07, 6.45) is 5.10. The molecule has 1 saturated carbocycles. The topological polar surface area (TPSA) is 87.7 Å². The molecule has 6 nitrogen and oxygen atoms in total. The summed E-state index contributed by atoms with van der Waals surface area (Å²) in [4.78, 5) is 22.9. The van der Waals surface area contributed by atoms with E-state index in [-0.39, 0.29) is 18.5 Å². The summed E-state index contributed by atoms with van der Waals surface area (Å²) in [7, 11) is 0. The van der Waals surface area contributed by atoms with Crippen molar-refractivity contribution in [3.8, 4) is 0 Å². The van der Waals surface area contributed by atoms with Crippen molar-refractivity contribution in [1.82, 2.24) is 10.6 Å². The van der Waals surface area contributed by atoms with Crippen molar-refractivity contribution in [2.24, 2.45) is 0 Å². The Bertz CT molecular complexity index is 334. The molecule has 2 rings (SSSR count). The molecule has 0 atom stereocenters. The number of carboxylic acid groups (broad SMARTS) is 1. The largest absolute Gasteiger partial charge is 0.481 e. The van der Waals surface area contributed by atoms with Gasteiger partial charge in [-0.3, -0.25) is 4.79 Å². The van der Waals surface area contributed by atoms with E-state index in [2.05, 4.69) is 10.6 Å². The quantitative estimate of drug-likeness (QED) is 0.717. The van der Waals surface area contributed by atoms with Crippen molar-refractivity contribution in [3.05, 3.63) is 0 Å². The van der Waals surface area contributed by atoms with Crippen molar-refractivity contribution in [2.75, 3.05) is 13.2 Å². The third-order valence-corrected chi connectivity index (χ3v) is 3.99. The predicted molar refractivity (Wildman–Crippen MR) is 69.0 cm³/mol. The maximum absolute atomic E-state index is 12.0. The van der Waals surface area contributed by atoms with Crippen LogP contribution in [0, 0.1) is 0 Å². The molecule has 0 radical (unpaired) electrons. The summed E-state index contributed by atoms with van der Waals surface area (Å²) in [5.74, 6) is -0.853. The van der Waals surface area contributed by atoms with Crippen molar-refractivity contribution in [1.29, 1.82) is 0 Å². The Hall–Kier alpha value is -1.30. The van der Waals surface area contributed by atoms with E-state index in [1.165, 1.54) is 0 Å². The number of carbonyl (C=O) groups is 2. The Labute approximate surface area is 112 Å². The molecule has 19 heavy (non-hydrogen) atoms. The monoisotopic (exact) mass is 270 g/mol. The van der Waals surface area contributed by atoms with Crippen LogP contribution in [0.2, 0.25) is 0 Å². The molecular weight excluding hydrogens is 248 g/mol. The number of rotatable bonds is 4. The van der Waals surface area contributed by atoms with Crippen LogP contribution in [0.3, 0.4) is 0 Å². The van der Waals surface area contributed by atoms with E-state index in [1.54, 1.807) is 0 Å². The molecule has 0 unspecified atom stereocenters. The molecule has 6 heteroatoms. The van der Waals surface area contributed by atoms with Gasteiger partial charge in [0.25, 0.3) is 0 Å². The van der Waals surface area contributed by atoms with E-state index >= 15 is 0 Å². The maximum atomic E-state index is 12.0. The van der Waals surface area contributed by atoms with Gasteiger partial charge in [-0.25, -0.2) is 4.79 Å². The SMILES string of the molecule is O=C(O)CC1(NC(=O)NC2CCOCC2)CCCC1. The Kier molecular flexibility index (Phi) is 4.63. The van der Waals surface area contributed by atoms with E-state index in [4.69, 9.17) is 9.84 Å². The molecule has 2 fully saturated rings. The standard InChI is InChI=1S/C13H22N2O4/c16-11(17)9-13(5-1-2-6-13)15-12(18)14-10-3-7-19-8-4-10/h10H,1-9H2,(H,16,17)(H2,14,15,18). The highest BCUT2D eigenvalue weighted by atomic mass is 16.5. The van der Waals surface area contributed by atoms with Gasteiger partial charge in [-0.05, 0) is 25.7 Å². The number of hydrogen-bond donors (Lipinski definition) is 3. The number of carboxylic acids is 1. The van der Waals surface area contributed by atoms with Crippen molar-refractivity contribution >= 4 is 12.0 Å². The molecule has 1 aliphatic heterocycles. The second-order valence-electron chi connectivity index (χ2n) is 5.54. The zero-order chi connectivity index (χ0) is 13.7. The molecule has 2 amide bonds. The van der Waals surface area contributed by atoms with Crippen molar-refractivity contribution < 1.29 is 19.4 Å². The predicted octanol–water partition coefficient (Wildman–Crippen LogP) is 1.25. The number of amides is 2. The summed E-state index contributed by atoms with van der Waals surface area (Å²) in [6.45, 7) is 1.34. The molecule has 0 bridgehead atoms. The lowest BCUT2D eigenvalue weighted by Gasteiger charge is -2.31. The lowest BCUT2D eigenvalue weighted by atomic mass is 9.93. The highest BCUT2D eigenvalue weighted by Crippen LogP contribution is 2.32. The molecule has 0 spiro atoms. The molecule has 0 aromatic carbocycles. The van der Waals surface area contributed by atoms with Crippen LogP contribution in [0.25, 0.3) is 0 Å². The summed E-state index contributed by atoms with van der Waals surface area (Å²) in [5, 5.41) is 14.8. The van der Waals surface area contributed by atoms with Crippen molar-refractivity contribution in [2.45, 2.75) is 56.5 Å². The normalized spacial score (nSPS) is 22.9. The minimum absolute atomic E-state index is 0.00813. The van der Waals surface area contributed by atoms with Crippen LogP contribution in [0.4, 0.5) is 4.79 Å². The fourth-order valence-electron chi connectivity index (χ4n) is 2.99. The molecule has 3 N–H and O–H groups in total. The van der Waals surface area contributed by atoms with E-state index in [9.17, 15) is 9.59 Å². The average molecular weight is 270 g/mol. The van der Waals surface area contributed by atoms with Crippen LogP contribution in [0.1, 0.15) is 44.9 Å². The summed E-state index contributed by atoms with van der Waals surface area (Å²) < 4.78 is 5.24. The van der Waals surface area contributed by atoms with Gasteiger partial charge in [0, 0.05) is 19.3 Å². The Balaban J connectivity index is 1.86. The first-order valence-electron chi connectivity index (χ1n) is 6.98. The lowest BCUT2D eigenvalue weighted by molar-refractivity contribution is -0.138. The summed E-state index contributed by atoms with van der Waals surface area (Å²) >= 11 is 0. The van der Waals surface area contributed by atoms with Crippen LogP contribution >= 0.6 is 0 Å². The Morgan fingerprint density at radius 3 is 2.42 bits per heavy atom. The fourth-order valence-corrected chi connectivity index (χ4v) is 2.99. The molecule has 0 aromatic rings. The molecular formula is C13H22N2O4. The molecule has 1 aliphatic carbocycles. The average Bonchev–Trinajstić information content (AvgIpc) is 2.77. The van der Waals surface area contributed by atoms with Crippen molar-refractivity contribution in [3.63, 3.8) is 0 Å². The Morgan fingerprint density at radius 1 is 1.21 bits per heavy atom. The van der Waals surface area contributed by atoms with Gasteiger partial charge in [-0.1, -0.05) is 12.8 Å². The van der Waals surface area contributed by atoms with E-state index in [0.717, 1.165) is 38.5 Å². The zero-order valence-electron chi connectivity index (χ0n) is 11.1. The molecule has 0 aromatic heterocycles. The second-order valence-corrected chi connectivity index (χ2v) is 5.54. The van der Waals surface area contributed by atoms with Gasteiger partial charge in [-0.2, -0.15) is 0 Å². The summed E-state index contributed by atoms with van der Waals surface area (Å²) in [6, 6.07) is -0.105. The van der Waals surface area contributed by atoms with Gasteiger partial charge in [0.15, 0.2) is 0 Å². The summed E-state index contributed by atoms with van der Waals surface area (Å²) in [5.41, 5.74) is -0.554. The Morgan fingerprint density at radius 2 is 1.84 bits per heavy atom. The van der Waals surface area contributed by atoms with E-state index in [1.807, 2.05) is 0 Å². The van der Waals surface area contributed by atoms with Gasteiger partial charge in [0.2, 0.25) is 0 Å². The van der Waals surface area contributed by atoms with Gasteiger partial charge in [-0.15, -0.1) is 0 Å². The molecule has 108 valence electrons. The highest BCUT2D eigenvalue weighted by Gasteiger charge is 2.37. The highest BCUT2D eigenvalue weighted by molar-refractivity contribution is 5.77. The lowest BCUT2D eigenvalue weighted by Crippen LogP contribution is -2.54. The first-order valence-corrected chi connectivity index (χ1v) is 6.98. The smallest absolute Gasteiger partial charge is 0.315 e. The van der Waals surface area contributed by atoms with Gasteiger partial charge < -0.3 is 20.5 Å². The van der Waals surface area contributed by atoms with Crippen LogP contribution in [0.15, 0.2) is 0 Å². The number of ether oxygens (including phenoxy) is 1.